The van der Waals surface area contributed by atoms with Crippen LogP contribution in [-0.4, -0.2) is 9.78 Å². The van der Waals surface area contributed by atoms with Gasteiger partial charge in [0.2, 0.25) is 0 Å². The van der Waals surface area contributed by atoms with Crippen LogP contribution < -0.4 is 5.73 Å². The lowest BCUT2D eigenvalue weighted by Gasteiger charge is -2.06. The molecule has 1 aliphatic carbocycles. The summed E-state index contributed by atoms with van der Waals surface area (Å²) in [6.07, 6.45) is 1.24. The van der Waals surface area contributed by atoms with Crippen molar-refractivity contribution in [1.82, 2.24) is 9.78 Å². The summed E-state index contributed by atoms with van der Waals surface area (Å²) in [5.41, 5.74) is 8.52. The number of rotatable bonds is 1. The largest absolute Gasteiger partial charge is 0.384 e. The number of anilines is 1. The fourth-order valence-electron chi connectivity index (χ4n) is 2.09. The lowest BCUT2D eigenvalue weighted by atomic mass is 9.99. The van der Waals surface area contributed by atoms with Crippen LogP contribution in [0.2, 0.25) is 0 Å². The molecule has 2 atom stereocenters. The van der Waals surface area contributed by atoms with E-state index in [1.54, 1.807) is 4.68 Å². The molecule has 0 spiro atoms. The first-order valence-corrected chi connectivity index (χ1v) is 4.76. The van der Waals surface area contributed by atoms with E-state index in [0.717, 1.165) is 17.3 Å². The Bertz CT molecular complexity index is 353. The maximum absolute atomic E-state index is 5.87. The van der Waals surface area contributed by atoms with E-state index < -0.39 is 0 Å². The second-order valence-corrected chi connectivity index (χ2v) is 4.51. The normalized spacial score (nSPS) is 32.2. The Kier molecular flexibility index (Phi) is 1.51. The van der Waals surface area contributed by atoms with Crippen molar-refractivity contribution < 1.29 is 0 Å². The summed E-state index contributed by atoms with van der Waals surface area (Å²) in [5.74, 6) is 1.55. The highest BCUT2D eigenvalue weighted by Gasteiger charge is 2.50. The minimum atomic E-state index is 0.291. The molecule has 1 aromatic heterocycles. The van der Waals surface area contributed by atoms with Gasteiger partial charge >= 0.3 is 0 Å². The van der Waals surface area contributed by atoms with Crippen molar-refractivity contribution in [3.8, 4) is 0 Å². The highest BCUT2D eigenvalue weighted by Crippen LogP contribution is 2.54. The van der Waals surface area contributed by atoms with Gasteiger partial charge in [-0.15, -0.1) is 0 Å². The predicted octanol–water partition coefficient (Wildman–Crippen LogP) is 1.61. The Morgan fingerprint density at radius 1 is 1.62 bits per heavy atom. The zero-order valence-electron chi connectivity index (χ0n) is 8.76. The molecular formula is C10H17N3. The fourth-order valence-corrected chi connectivity index (χ4v) is 2.09. The van der Waals surface area contributed by atoms with E-state index in [9.17, 15) is 0 Å². The Labute approximate surface area is 78.9 Å². The zero-order chi connectivity index (χ0) is 9.80. The average Bonchev–Trinajstić information content (AvgIpc) is 2.59. The monoisotopic (exact) mass is 179 g/mol. The third kappa shape index (κ3) is 0.992. The quantitative estimate of drug-likeness (QED) is 0.711. The van der Waals surface area contributed by atoms with Crippen molar-refractivity contribution in [2.45, 2.75) is 32.6 Å². The summed E-state index contributed by atoms with van der Waals surface area (Å²) >= 11 is 0. The lowest BCUT2D eigenvalue weighted by Crippen LogP contribution is -2.06. The van der Waals surface area contributed by atoms with E-state index in [1.165, 1.54) is 12.1 Å². The van der Waals surface area contributed by atoms with E-state index in [1.807, 2.05) is 7.05 Å². The molecule has 1 fully saturated rings. The summed E-state index contributed by atoms with van der Waals surface area (Å²) in [7, 11) is 1.90. The third-order valence-electron chi connectivity index (χ3n) is 3.54. The van der Waals surface area contributed by atoms with E-state index >= 15 is 0 Å². The Morgan fingerprint density at radius 2 is 2.15 bits per heavy atom. The van der Waals surface area contributed by atoms with Crippen molar-refractivity contribution in [2.75, 3.05) is 5.73 Å². The van der Waals surface area contributed by atoms with Gasteiger partial charge in [-0.05, 0) is 19.3 Å². The number of nitrogens with two attached hydrogens (primary N) is 1. The van der Waals surface area contributed by atoms with Gasteiger partial charge in [-0.25, -0.2) is 0 Å². The smallest absolute Gasteiger partial charge is 0.124 e. The Morgan fingerprint density at radius 3 is 2.46 bits per heavy atom. The minimum absolute atomic E-state index is 0.291. The molecule has 2 unspecified atom stereocenters. The van der Waals surface area contributed by atoms with Crippen molar-refractivity contribution in [1.29, 1.82) is 0 Å². The molecule has 1 heterocycles. The Balaban J connectivity index is 2.48. The van der Waals surface area contributed by atoms with Gasteiger partial charge in [-0.2, -0.15) is 5.10 Å². The summed E-state index contributed by atoms with van der Waals surface area (Å²) in [4.78, 5) is 0. The van der Waals surface area contributed by atoms with Crippen LogP contribution in [0.1, 0.15) is 31.5 Å². The molecule has 1 aliphatic rings. The second-order valence-electron chi connectivity index (χ2n) is 4.51. The van der Waals surface area contributed by atoms with Crippen LogP contribution in [-0.2, 0) is 12.5 Å². The molecule has 0 aliphatic heterocycles. The molecule has 13 heavy (non-hydrogen) atoms. The van der Waals surface area contributed by atoms with Gasteiger partial charge in [0.05, 0.1) is 5.69 Å². The first kappa shape index (κ1) is 8.60. The molecule has 1 aromatic rings. The fraction of sp³-hybridized carbons (Fsp3) is 0.700. The van der Waals surface area contributed by atoms with Crippen LogP contribution in [0.5, 0.6) is 0 Å². The highest BCUT2D eigenvalue weighted by atomic mass is 15.3. The molecule has 0 amide bonds. The number of nitrogen functional groups attached to an aromatic ring is 1. The van der Waals surface area contributed by atoms with Gasteiger partial charge in [0.1, 0.15) is 5.82 Å². The first-order valence-electron chi connectivity index (χ1n) is 4.76. The van der Waals surface area contributed by atoms with Crippen molar-refractivity contribution in [2.24, 2.45) is 13.0 Å². The number of hydrogen-bond donors (Lipinski definition) is 1. The molecule has 3 heteroatoms. The van der Waals surface area contributed by atoms with Crippen LogP contribution >= 0.6 is 0 Å². The van der Waals surface area contributed by atoms with Crippen molar-refractivity contribution in [3.05, 3.63) is 11.3 Å². The molecule has 0 bridgehead atoms. The maximum atomic E-state index is 5.87. The van der Waals surface area contributed by atoms with Crippen LogP contribution in [0.25, 0.3) is 0 Å². The number of nitrogens with zero attached hydrogens (tertiary/aromatic N) is 2. The third-order valence-corrected chi connectivity index (χ3v) is 3.54. The Hall–Kier alpha value is -0.990. The van der Waals surface area contributed by atoms with Crippen LogP contribution in [0.15, 0.2) is 0 Å². The van der Waals surface area contributed by atoms with E-state index in [0.29, 0.717) is 5.41 Å². The standard InChI is InChI=1S/C10H17N3/c1-6-5-10(6,3)8-7(2)9(11)13(4)12-8/h6H,5,11H2,1-4H3. The molecular weight excluding hydrogens is 162 g/mol. The van der Waals surface area contributed by atoms with Gasteiger partial charge in [0.15, 0.2) is 0 Å². The van der Waals surface area contributed by atoms with E-state index in [-0.39, 0.29) is 0 Å². The van der Waals surface area contributed by atoms with Crippen molar-refractivity contribution in [3.63, 3.8) is 0 Å². The van der Waals surface area contributed by atoms with Crippen LogP contribution in [0.4, 0.5) is 5.82 Å². The molecule has 0 aromatic carbocycles. The molecule has 1 saturated carbocycles. The molecule has 2 rings (SSSR count). The van der Waals surface area contributed by atoms with E-state index in [2.05, 4.69) is 25.9 Å². The van der Waals surface area contributed by atoms with Gasteiger partial charge in [-0.1, -0.05) is 13.8 Å². The molecule has 0 saturated heterocycles. The number of hydrogen-bond acceptors (Lipinski definition) is 2. The number of aryl methyl sites for hydroxylation is 1. The topological polar surface area (TPSA) is 43.8 Å². The summed E-state index contributed by atoms with van der Waals surface area (Å²) in [6, 6.07) is 0. The van der Waals surface area contributed by atoms with Crippen LogP contribution in [0.3, 0.4) is 0 Å². The zero-order valence-corrected chi connectivity index (χ0v) is 8.76. The lowest BCUT2D eigenvalue weighted by molar-refractivity contribution is 0.640. The molecule has 3 nitrogen and oxygen atoms in total. The average molecular weight is 179 g/mol. The highest BCUT2D eigenvalue weighted by molar-refractivity contribution is 5.47. The molecule has 2 N–H and O–H groups in total. The molecule has 72 valence electrons. The SMILES string of the molecule is Cc1c(C2(C)CC2C)nn(C)c1N. The summed E-state index contributed by atoms with van der Waals surface area (Å²) in [6.45, 7) is 6.60. The summed E-state index contributed by atoms with van der Waals surface area (Å²) in [5, 5.41) is 4.49. The van der Waals surface area contributed by atoms with Gasteiger partial charge in [0, 0.05) is 18.0 Å². The minimum Gasteiger partial charge on any atom is -0.384 e. The second kappa shape index (κ2) is 2.28. The van der Waals surface area contributed by atoms with Crippen LogP contribution in [0, 0.1) is 12.8 Å². The van der Waals surface area contributed by atoms with Gasteiger partial charge in [-0.3, -0.25) is 4.68 Å². The van der Waals surface area contributed by atoms with Gasteiger partial charge in [0.25, 0.3) is 0 Å². The van der Waals surface area contributed by atoms with E-state index in [4.69, 9.17) is 5.73 Å². The number of aromatic nitrogens is 2. The maximum Gasteiger partial charge on any atom is 0.124 e. The summed E-state index contributed by atoms with van der Waals surface area (Å²) < 4.78 is 1.78. The first-order chi connectivity index (χ1) is 5.97. The predicted molar refractivity (Wildman–Crippen MR) is 53.5 cm³/mol. The molecule has 0 radical (unpaired) electrons. The van der Waals surface area contributed by atoms with Crippen molar-refractivity contribution >= 4 is 5.82 Å². The van der Waals surface area contributed by atoms with Gasteiger partial charge < -0.3 is 5.73 Å².